The van der Waals surface area contributed by atoms with Crippen molar-refractivity contribution in [3.63, 3.8) is 0 Å². The van der Waals surface area contributed by atoms with Gasteiger partial charge in [-0.3, -0.25) is 19.9 Å². The third kappa shape index (κ3) is 27.9. The van der Waals surface area contributed by atoms with Gasteiger partial charge in [0.05, 0.1) is 22.4 Å². The molecule has 143 heavy (non-hydrogen) atoms. The van der Waals surface area contributed by atoms with E-state index in [9.17, 15) is 0 Å². The summed E-state index contributed by atoms with van der Waals surface area (Å²) in [6.07, 6.45) is 11.0. The molecule has 22 aromatic rings. The molecule has 0 radical (unpaired) electrons. The molecule has 706 valence electrons. The molecule has 0 unspecified atom stereocenters. The number of nitrogens with zero attached hydrogens (tertiary/aromatic N) is 10. The second-order valence-electron chi connectivity index (χ2n) is 31.2. The van der Waals surface area contributed by atoms with Gasteiger partial charge in [0.15, 0.2) is 0 Å². The normalized spacial score (nSPS) is 10.0. The summed E-state index contributed by atoms with van der Waals surface area (Å²) in [5.41, 5.74) is 30.3. The van der Waals surface area contributed by atoms with Gasteiger partial charge in [0, 0.05) is 144 Å². The Bertz CT molecular complexity index is 6680. The predicted octanol–water partition coefficient (Wildman–Crippen LogP) is 38.5. The molecule has 0 fully saturated rings. The van der Waals surface area contributed by atoms with Crippen LogP contribution < -0.4 is 24.5 Å². The molecule has 10 heteroatoms. The van der Waals surface area contributed by atoms with Gasteiger partial charge in [-0.2, -0.15) is 0 Å². The summed E-state index contributed by atoms with van der Waals surface area (Å²) in [4.78, 5) is 33.3. The van der Waals surface area contributed by atoms with Crippen molar-refractivity contribution in [1.82, 2.24) is 24.9 Å². The lowest BCUT2D eigenvalue weighted by Gasteiger charge is -2.25. The monoisotopic (exact) mass is 1860 g/mol. The molecule has 0 spiro atoms. The molecule has 17 aromatic carbocycles. The van der Waals surface area contributed by atoms with Gasteiger partial charge < -0.3 is 24.5 Å². The smallest absolute Gasteiger partial charge is 0.0709 e. The Morgan fingerprint density at radius 3 is 0.741 bits per heavy atom. The number of anilines is 15. The van der Waals surface area contributed by atoms with E-state index in [1.807, 2.05) is 215 Å². The van der Waals surface area contributed by atoms with E-state index in [0.717, 1.165) is 135 Å². The van der Waals surface area contributed by atoms with Crippen molar-refractivity contribution in [3.8, 4) is 55.9 Å². The SMILES string of the molecule is CC.CC.CC.CC.CC.c1ccc(N(c2ccccc2)c2ccc(-c3ccc4ccccc4n3)cc2)cc1.c1ccc(N(c2ccccc2)c2ccc(-c3ccccn3)cc2)cc1.c1ccc(N(c2ccccc2)c2ccc(-c3cccnc3)cc2)cc1.c1ccc(N(c2ccccc2)c2ccc(-c3ccnc4ccccc34)cc2)cc1.c1ccc(N(c2ccccc2)c2ccc(-c3ccncc3)cc2)cc1. The van der Waals surface area contributed by atoms with Crippen molar-refractivity contribution in [2.24, 2.45) is 0 Å². The quantitative estimate of drug-likeness (QED) is 0.0736. The lowest BCUT2D eigenvalue weighted by Crippen LogP contribution is -2.09. The summed E-state index contributed by atoms with van der Waals surface area (Å²) >= 11 is 0. The summed E-state index contributed by atoms with van der Waals surface area (Å²) in [7, 11) is 0. The second kappa shape index (κ2) is 56.0. The Morgan fingerprint density at radius 1 is 0.147 bits per heavy atom. The number of rotatable bonds is 20. The Kier molecular flexibility index (Phi) is 40.1. The van der Waals surface area contributed by atoms with E-state index in [4.69, 9.17) is 4.98 Å². The zero-order chi connectivity index (χ0) is 99.6. The van der Waals surface area contributed by atoms with Crippen LogP contribution in [0.15, 0.2) is 571 Å². The minimum Gasteiger partial charge on any atom is -0.311 e. The van der Waals surface area contributed by atoms with Gasteiger partial charge in [-0.1, -0.05) is 366 Å². The van der Waals surface area contributed by atoms with E-state index < -0.39 is 0 Å². The summed E-state index contributed by atoms with van der Waals surface area (Å²) in [6.45, 7) is 20.0. The molecule has 0 saturated carbocycles. The third-order valence-electron chi connectivity index (χ3n) is 22.6. The second-order valence-corrected chi connectivity index (χ2v) is 31.2. The Balaban J connectivity index is 0.000000147. The van der Waals surface area contributed by atoms with Crippen LogP contribution in [-0.2, 0) is 0 Å². The minimum atomic E-state index is 0.986. The van der Waals surface area contributed by atoms with Crippen molar-refractivity contribution >= 4 is 107 Å². The molecule has 0 amide bonds. The molecule has 0 atom stereocenters. The standard InChI is InChI=1S/2C27H20N2.3C23H18N2.5C2H6/c1-3-10-23(11-4-1)29(24-12-5-2-6-13-24)25-18-15-22(16-19-25)27-20-17-21-9-7-8-14-26(21)28-27;1-3-9-22(10-4-1)29(23-11-5-2-6-12-23)24-17-15-21(16-18-24)25-19-20-28-27-14-8-7-13-26(25)27;1-3-9-21(10-4-1)25(22-11-5-2-6-12-22)23-15-13-19(14-16-23)20-8-7-17-24-18-20;1-3-9-20(10-4-1)25(21-11-5-2-6-12-21)22-16-14-19(15-17-22)23-13-7-8-18-24-23;1-3-7-21(8-4-1)25(22-9-5-2-6-10-22)23-13-11-19(12-14-23)20-15-17-24-18-16-20;5*1-2/h2*1-20H;3*1-18H;5*1-2H3. The largest absolute Gasteiger partial charge is 0.311 e. The predicted molar refractivity (Wildman–Crippen MR) is 614 cm³/mol. The van der Waals surface area contributed by atoms with Gasteiger partial charge in [0.2, 0.25) is 0 Å². The lowest BCUT2D eigenvalue weighted by molar-refractivity contribution is 1.28. The number of benzene rings is 17. The summed E-state index contributed by atoms with van der Waals surface area (Å²) in [5.74, 6) is 0. The minimum absolute atomic E-state index is 0.986. The molecular weight excluding hydrogens is 1740 g/mol. The van der Waals surface area contributed by atoms with Gasteiger partial charge in [0.25, 0.3) is 0 Å². The zero-order valence-electron chi connectivity index (χ0n) is 83.2. The first-order valence-corrected chi connectivity index (χ1v) is 49.5. The van der Waals surface area contributed by atoms with E-state index in [0.29, 0.717) is 0 Å². The van der Waals surface area contributed by atoms with E-state index in [-0.39, 0.29) is 0 Å². The van der Waals surface area contributed by atoms with Crippen molar-refractivity contribution in [3.05, 3.63) is 571 Å². The van der Waals surface area contributed by atoms with Gasteiger partial charge >= 0.3 is 0 Å². The van der Waals surface area contributed by atoms with Gasteiger partial charge in [-0.15, -0.1) is 0 Å². The van der Waals surface area contributed by atoms with Crippen LogP contribution in [-0.4, -0.2) is 24.9 Å². The van der Waals surface area contributed by atoms with E-state index >= 15 is 0 Å². The first kappa shape index (κ1) is 102. The fourth-order valence-corrected chi connectivity index (χ4v) is 16.2. The van der Waals surface area contributed by atoms with Crippen LogP contribution in [0.4, 0.5) is 85.3 Å². The summed E-state index contributed by atoms with van der Waals surface area (Å²) in [5, 5.41) is 2.33. The van der Waals surface area contributed by atoms with Gasteiger partial charge in [0.1, 0.15) is 0 Å². The van der Waals surface area contributed by atoms with E-state index in [1.54, 1.807) is 6.20 Å². The lowest BCUT2D eigenvalue weighted by atomic mass is 10.0. The van der Waals surface area contributed by atoms with Crippen molar-refractivity contribution in [2.75, 3.05) is 24.5 Å². The Hall–Kier alpha value is -18.0. The molecule has 0 aliphatic carbocycles. The Labute approximate surface area is 846 Å². The fourth-order valence-electron chi connectivity index (χ4n) is 16.2. The number of para-hydroxylation sites is 12. The van der Waals surface area contributed by atoms with E-state index in [1.165, 1.54) is 27.6 Å². The van der Waals surface area contributed by atoms with Crippen molar-refractivity contribution in [2.45, 2.75) is 69.2 Å². The Morgan fingerprint density at radius 2 is 0.420 bits per heavy atom. The number of fused-ring (bicyclic) bond motifs is 2. The average molecular weight is 1860 g/mol. The van der Waals surface area contributed by atoms with Gasteiger partial charge in [-0.25, -0.2) is 4.98 Å². The van der Waals surface area contributed by atoms with Crippen LogP contribution in [0.3, 0.4) is 0 Å². The average Bonchev–Trinajstić information content (AvgIpc) is 0.743. The van der Waals surface area contributed by atoms with E-state index in [2.05, 4.69) is 463 Å². The number of pyridine rings is 5. The molecule has 0 aliphatic rings. The highest BCUT2D eigenvalue weighted by molar-refractivity contribution is 5.95. The van der Waals surface area contributed by atoms with Crippen LogP contribution >= 0.6 is 0 Å². The molecule has 5 aromatic heterocycles. The maximum Gasteiger partial charge on any atom is 0.0709 e. The zero-order valence-corrected chi connectivity index (χ0v) is 83.2. The molecule has 10 nitrogen and oxygen atoms in total. The number of aromatic nitrogens is 5. The van der Waals surface area contributed by atoms with Crippen LogP contribution in [0.25, 0.3) is 77.7 Å². The number of hydrogen-bond acceptors (Lipinski definition) is 10. The van der Waals surface area contributed by atoms with Crippen LogP contribution in [0.5, 0.6) is 0 Å². The highest BCUT2D eigenvalue weighted by Gasteiger charge is 2.19. The molecular formula is C133H124N10. The first-order chi connectivity index (χ1) is 71.0. The molecule has 5 heterocycles. The highest BCUT2D eigenvalue weighted by Crippen LogP contribution is 2.43. The fraction of sp³-hybridized carbons (Fsp3) is 0.0752. The van der Waals surface area contributed by atoms with Crippen molar-refractivity contribution in [1.29, 1.82) is 0 Å². The highest BCUT2D eigenvalue weighted by atomic mass is 15.2. The molecule has 0 N–H and O–H groups in total. The molecule has 0 saturated heterocycles. The number of hydrogen-bond donors (Lipinski definition) is 0. The molecule has 0 aliphatic heterocycles. The summed E-state index contributed by atoms with van der Waals surface area (Å²) in [6, 6.07) is 184. The maximum absolute atomic E-state index is 4.82. The van der Waals surface area contributed by atoms with Crippen LogP contribution in [0.1, 0.15) is 69.2 Å². The third-order valence-corrected chi connectivity index (χ3v) is 22.6. The molecule has 0 bridgehead atoms. The maximum atomic E-state index is 4.82. The van der Waals surface area contributed by atoms with Gasteiger partial charge in [-0.05, 0) is 270 Å². The summed E-state index contributed by atoms with van der Waals surface area (Å²) < 4.78 is 0. The topological polar surface area (TPSA) is 80.7 Å². The van der Waals surface area contributed by atoms with Crippen molar-refractivity contribution < 1.29 is 0 Å². The van der Waals surface area contributed by atoms with Crippen LogP contribution in [0.2, 0.25) is 0 Å². The molecule has 22 rings (SSSR count). The first-order valence-electron chi connectivity index (χ1n) is 49.5. The van der Waals surface area contributed by atoms with Crippen LogP contribution in [0, 0.1) is 0 Å².